The van der Waals surface area contributed by atoms with Crippen molar-refractivity contribution >= 4 is 12.0 Å². The number of hydroxylamine groups is 1. The number of allylic oxidation sites excluding steroid dienone is 1. The predicted molar refractivity (Wildman–Crippen MR) is 63.1 cm³/mol. The number of aromatic hydroxyl groups is 1. The minimum atomic E-state index is 0.207. The van der Waals surface area contributed by atoms with Gasteiger partial charge in [0.1, 0.15) is 5.75 Å². The van der Waals surface area contributed by atoms with E-state index in [1.54, 1.807) is 18.2 Å². The van der Waals surface area contributed by atoms with Crippen molar-refractivity contribution in [2.45, 2.75) is 13.3 Å². The molecule has 5 nitrogen and oxygen atoms in total. The highest BCUT2D eigenvalue weighted by atomic mass is 16.6. The van der Waals surface area contributed by atoms with E-state index in [1.165, 1.54) is 0 Å². The summed E-state index contributed by atoms with van der Waals surface area (Å²) in [6, 6.07) is 4.95. The van der Waals surface area contributed by atoms with Gasteiger partial charge in [0.25, 0.3) is 0 Å². The van der Waals surface area contributed by atoms with Crippen LogP contribution < -0.4 is 15.6 Å². The molecule has 0 fully saturated rings. The van der Waals surface area contributed by atoms with Crippen molar-refractivity contribution in [1.82, 2.24) is 10.8 Å². The highest BCUT2D eigenvalue weighted by Gasteiger charge is 2.17. The number of carbonyl (C=O) groups is 1. The summed E-state index contributed by atoms with van der Waals surface area (Å²) in [5.41, 5.74) is 5.62. The molecule has 1 amide bonds. The maximum Gasteiger partial charge on any atom is 0.207 e. The molecule has 0 radical (unpaired) electrons. The first-order valence-electron chi connectivity index (χ1n) is 5.35. The number of nitrogens with one attached hydrogen (secondary N) is 2. The molecule has 1 aromatic rings. The van der Waals surface area contributed by atoms with E-state index in [0.717, 1.165) is 16.8 Å². The maximum atomic E-state index is 10.2. The van der Waals surface area contributed by atoms with Crippen LogP contribution in [0, 0.1) is 0 Å². The molecule has 0 aromatic heterocycles. The molecule has 0 saturated carbocycles. The molecular weight excluding hydrogens is 220 g/mol. The van der Waals surface area contributed by atoms with Gasteiger partial charge >= 0.3 is 0 Å². The lowest BCUT2D eigenvalue weighted by Gasteiger charge is -2.23. The molecule has 0 aliphatic carbocycles. The third-order valence-corrected chi connectivity index (χ3v) is 2.71. The maximum absolute atomic E-state index is 10.2. The summed E-state index contributed by atoms with van der Waals surface area (Å²) in [7, 11) is 0. The van der Waals surface area contributed by atoms with Gasteiger partial charge < -0.3 is 15.3 Å². The van der Waals surface area contributed by atoms with Gasteiger partial charge in [-0.25, -0.2) is 5.48 Å². The highest BCUT2D eigenvalue weighted by Crippen LogP contribution is 2.33. The van der Waals surface area contributed by atoms with Crippen molar-refractivity contribution in [3.8, 4) is 11.5 Å². The van der Waals surface area contributed by atoms with Crippen LogP contribution in [0.25, 0.3) is 5.57 Å². The standard InChI is InChI=1S/C12H14N2O3/c1-8-10-6-9(16)2-3-12(10)17-14-11(8)4-5-13-7-15/h2-3,6-7,14,16H,4-5H2,1H3,(H,13,15). The Morgan fingerprint density at radius 3 is 3.12 bits per heavy atom. The fourth-order valence-corrected chi connectivity index (χ4v) is 1.75. The van der Waals surface area contributed by atoms with Crippen LogP contribution in [0.1, 0.15) is 18.9 Å². The number of hydrogen-bond donors (Lipinski definition) is 3. The molecular formula is C12H14N2O3. The van der Waals surface area contributed by atoms with Crippen LogP contribution in [0.2, 0.25) is 0 Å². The summed E-state index contributed by atoms with van der Waals surface area (Å²) in [4.78, 5) is 15.5. The van der Waals surface area contributed by atoms with E-state index >= 15 is 0 Å². The third-order valence-electron chi connectivity index (χ3n) is 2.71. The zero-order valence-electron chi connectivity index (χ0n) is 9.49. The van der Waals surface area contributed by atoms with E-state index in [0.29, 0.717) is 25.1 Å². The average molecular weight is 234 g/mol. The number of carbonyl (C=O) groups excluding carboxylic acids is 1. The number of phenols is 1. The molecule has 1 aromatic carbocycles. The van der Waals surface area contributed by atoms with Gasteiger partial charge in [0.05, 0.1) is 5.70 Å². The Morgan fingerprint density at radius 1 is 1.53 bits per heavy atom. The van der Waals surface area contributed by atoms with Gasteiger partial charge in [-0.15, -0.1) is 0 Å². The molecule has 3 N–H and O–H groups in total. The van der Waals surface area contributed by atoms with Crippen LogP contribution in [0.3, 0.4) is 0 Å². The molecule has 1 aliphatic rings. The minimum absolute atomic E-state index is 0.207. The first-order chi connectivity index (χ1) is 8.22. The van der Waals surface area contributed by atoms with Crippen molar-refractivity contribution < 1.29 is 14.7 Å². The van der Waals surface area contributed by atoms with Gasteiger partial charge in [0, 0.05) is 18.5 Å². The van der Waals surface area contributed by atoms with Crippen molar-refractivity contribution in [3.05, 3.63) is 29.5 Å². The van der Waals surface area contributed by atoms with Crippen molar-refractivity contribution in [2.24, 2.45) is 0 Å². The van der Waals surface area contributed by atoms with E-state index in [-0.39, 0.29) is 5.75 Å². The highest BCUT2D eigenvalue weighted by molar-refractivity contribution is 5.73. The molecule has 90 valence electrons. The summed E-state index contributed by atoms with van der Waals surface area (Å²) in [6.45, 7) is 2.49. The Balaban J connectivity index is 2.23. The summed E-state index contributed by atoms with van der Waals surface area (Å²) in [5, 5.41) is 12.0. The fraction of sp³-hybridized carbons (Fsp3) is 0.250. The van der Waals surface area contributed by atoms with Crippen LogP contribution in [0.15, 0.2) is 23.9 Å². The topological polar surface area (TPSA) is 70.6 Å². The Bertz CT molecular complexity index is 469. The molecule has 2 rings (SSSR count). The largest absolute Gasteiger partial charge is 0.508 e. The molecule has 0 spiro atoms. The number of rotatable bonds is 4. The Hall–Kier alpha value is -2.17. The lowest BCUT2D eigenvalue weighted by atomic mass is 10.0. The van der Waals surface area contributed by atoms with Crippen LogP contribution >= 0.6 is 0 Å². The second-order valence-corrected chi connectivity index (χ2v) is 3.81. The van der Waals surface area contributed by atoms with Gasteiger partial charge in [-0.3, -0.25) is 4.79 Å². The normalized spacial score (nSPS) is 13.5. The summed E-state index contributed by atoms with van der Waals surface area (Å²) in [5.74, 6) is 0.895. The summed E-state index contributed by atoms with van der Waals surface area (Å²) < 4.78 is 0. The van der Waals surface area contributed by atoms with Gasteiger partial charge in [-0.1, -0.05) is 0 Å². The average Bonchev–Trinajstić information content (AvgIpc) is 2.33. The van der Waals surface area contributed by atoms with Crippen LogP contribution in [-0.4, -0.2) is 18.1 Å². The SMILES string of the molecule is CC1=C(CCNC=O)NOc2ccc(O)cc21. The van der Waals surface area contributed by atoms with E-state index in [9.17, 15) is 9.90 Å². The zero-order chi connectivity index (χ0) is 12.3. The number of hydrogen-bond acceptors (Lipinski definition) is 4. The first-order valence-corrected chi connectivity index (χ1v) is 5.35. The Kier molecular flexibility index (Phi) is 3.18. The fourth-order valence-electron chi connectivity index (χ4n) is 1.75. The van der Waals surface area contributed by atoms with Crippen LogP contribution in [-0.2, 0) is 4.79 Å². The van der Waals surface area contributed by atoms with E-state index < -0.39 is 0 Å². The zero-order valence-corrected chi connectivity index (χ0v) is 9.49. The predicted octanol–water partition coefficient (Wildman–Crippen LogP) is 1.16. The van der Waals surface area contributed by atoms with Gasteiger partial charge in [-0.2, -0.15) is 0 Å². The molecule has 17 heavy (non-hydrogen) atoms. The first kappa shape index (κ1) is 11.3. The summed E-state index contributed by atoms with van der Waals surface area (Å²) in [6.07, 6.45) is 1.32. The molecule has 1 heterocycles. The van der Waals surface area contributed by atoms with Crippen molar-refractivity contribution in [2.75, 3.05) is 6.54 Å². The van der Waals surface area contributed by atoms with Crippen LogP contribution in [0.5, 0.6) is 11.5 Å². The molecule has 0 saturated heterocycles. The van der Waals surface area contributed by atoms with E-state index in [2.05, 4.69) is 10.8 Å². The molecule has 0 bridgehead atoms. The minimum Gasteiger partial charge on any atom is -0.508 e. The van der Waals surface area contributed by atoms with Gasteiger partial charge in [0.15, 0.2) is 5.75 Å². The lowest BCUT2D eigenvalue weighted by molar-refractivity contribution is -0.109. The number of benzene rings is 1. The van der Waals surface area contributed by atoms with Gasteiger partial charge in [0.2, 0.25) is 6.41 Å². The number of phenolic OH excluding ortho intramolecular Hbond substituents is 1. The molecule has 0 atom stereocenters. The third kappa shape index (κ3) is 2.33. The number of fused-ring (bicyclic) bond motifs is 1. The molecule has 1 aliphatic heterocycles. The Labute approximate surface area is 99.0 Å². The van der Waals surface area contributed by atoms with Crippen molar-refractivity contribution in [1.29, 1.82) is 0 Å². The quantitative estimate of drug-likeness (QED) is 0.540. The van der Waals surface area contributed by atoms with Crippen molar-refractivity contribution in [3.63, 3.8) is 0 Å². The smallest absolute Gasteiger partial charge is 0.207 e. The molecule has 0 unspecified atom stereocenters. The molecule has 5 heteroatoms. The summed E-state index contributed by atoms with van der Waals surface area (Å²) >= 11 is 0. The second-order valence-electron chi connectivity index (χ2n) is 3.81. The van der Waals surface area contributed by atoms with Gasteiger partial charge in [-0.05, 0) is 30.7 Å². The van der Waals surface area contributed by atoms with E-state index in [1.807, 2.05) is 6.92 Å². The Morgan fingerprint density at radius 2 is 2.35 bits per heavy atom. The lowest BCUT2D eigenvalue weighted by Crippen LogP contribution is -2.26. The number of amides is 1. The second kappa shape index (κ2) is 4.78. The van der Waals surface area contributed by atoms with Crippen LogP contribution in [0.4, 0.5) is 0 Å². The van der Waals surface area contributed by atoms with E-state index in [4.69, 9.17) is 4.84 Å². The monoisotopic (exact) mass is 234 g/mol.